The normalized spacial score (nSPS) is 10.5. The molecule has 0 aliphatic rings. The molecule has 5 nitrogen and oxygen atoms in total. The molecule has 2 rings (SSSR count). The Hall–Kier alpha value is -2.89. The summed E-state index contributed by atoms with van der Waals surface area (Å²) < 4.78 is 23.5. The number of nitrogens with zero attached hydrogens (tertiary/aromatic N) is 1. The van der Waals surface area contributed by atoms with Gasteiger partial charge in [-0.3, -0.25) is 4.79 Å². The molecule has 0 radical (unpaired) electrons. The molecule has 6 heteroatoms. The second-order valence-corrected chi connectivity index (χ2v) is 4.25. The van der Waals surface area contributed by atoms with Crippen LogP contribution >= 0.6 is 0 Å². The maximum absolute atomic E-state index is 13.3. The van der Waals surface area contributed by atoms with Gasteiger partial charge >= 0.3 is 0 Å². The fraction of sp³-hybridized carbons (Fsp3) is 0.125. The Balaban J connectivity index is 1.85. The Bertz CT molecular complexity index is 674. The van der Waals surface area contributed by atoms with Crippen molar-refractivity contribution in [3.8, 4) is 11.5 Å². The number of ether oxygens (including phenoxy) is 2. The second kappa shape index (κ2) is 7.78. The Labute approximate surface area is 127 Å². The van der Waals surface area contributed by atoms with Crippen molar-refractivity contribution < 1.29 is 18.7 Å². The third-order valence-corrected chi connectivity index (χ3v) is 2.73. The molecule has 2 aromatic rings. The predicted molar refractivity (Wildman–Crippen MR) is 80.6 cm³/mol. The van der Waals surface area contributed by atoms with Crippen molar-refractivity contribution in [1.29, 1.82) is 0 Å². The number of nitrogens with one attached hydrogen (secondary N) is 1. The van der Waals surface area contributed by atoms with Crippen LogP contribution in [0.1, 0.15) is 5.56 Å². The summed E-state index contributed by atoms with van der Waals surface area (Å²) in [5, 5.41) is 3.81. The lowest BCUT2D eigenvalue weighted by molar-refractivity contribution is -0.123. The van der Waals surface area contributed by atoms with Gasteiger partial charge in [0.25, 0.3) is 5.91 Å². The molecule has 0 aliphatic carbocycles. The summed E-state index contributed by atoms with van der Waals surface area (Å²) in [5.74, 6) is -0.350. The van der Waals surface area contributed by atoms with Crippen LogP contribution in [-0.4, -0.2) is 25.8 Å². The average molecular weight is 302 g/mol. The molecule has 0 aromatic heterocycles. The van der Waals surface area contributed by atoms with Gasteiger partial charge in [0.1, 0.15) is 5.75 Å². The molecular formula is C16H15FN2O3. The van der Waals surface area contributed by atoms with Crippen LogP contribution < -0.4 is 14.9 Å². The molecule has 0 saturated carbocycles. The lowest BCUT2D eigenvalue weighted by atomic mass is 10.2. The number of methoxy groups -OCH3 is 1. The minimum Gasteiger partial charge on any atom is -0.496 e. The molecule has 22 heavy (non-hydrogen) atoms. The Morgan fingerprint density at radius 3 is 2.59 bits per heavy atom. The molecule has 1 N–H and O–H groups in total. The molecule has 0 saturated heterocycles. The third-order valence-electron chi connectivity index (χ3n) is 2.73. The van der Waals surface area contributed by atoms with E-state index in [9.17, 15) is 9.18 Å². The zero-order valence-corrected chi connectivity index (χ0v) is 12.0. The van der Waals surface area contributed by atoms with Gasteiger partial charge in [-0.2, -0.15) is 5.10 Å². The SMILES string of the molecule is COc1ccccc1/C=N/NC(=O)COc1ccccc1F. The predicted octanol–water partition coefficient (Wildman–Crippen LogP) is 2.36. The van der Waals surface area contributed by atoms with Crippen molar-refractivity contribution in [2.75, 3.05) is 13.7 Å². The van der Waals surface area contributed by atoms with E-state index in [1.165, 1.54) is 18.3 Å². The van der Waals surface area contributed by atoms with E-state index in [2.05, 4.69) is 10.5 Å². The standard InChI is InChI=1S/C16H15FN2O3/c1-21-14-8-4-2-6-12(14)10-18-19-16(20)11-22-15-9-5-3-7-13(15)17/h2-10H,11H2,1H3,(H,19,20)/b18-10+. The van der Waals surface area contributed by atoms with Crippen molar-refractivity contribution in [2.45, 2.75) is 0 Å². The highest BCUT2D eigenvalue weighted by Crippen LogP contribution is 2.15. The summed E-state index contributed by atoms with van der Waals surface area (Å²) >= 11 is 0. The minimum absolute atomic E-state index is 0.0198. The molecule has 114 valence electrons. The van der Waals surface area contributed by atoms with E-state index in [0.29, 0.717) is 5.75 Å². The largest absolute Gasteiger partial charge is 0.496 e. The fourth-order valence-electron chi connectivity index (χ4n) is 1.68. The topological polar surface area (TPSA) is 59.9 Å². The number of halogens is 1. The van der Waals surface area contributed by atoms with E-state index in [-0.39, 0.29) is 12.4 Å². The van der Waals surface area contributed by atoms with Gasteiger partial charge in [0.15, 0.2) is 18.2 Å². The van der Waals surface area contributed by atoms with Gasteiger partial charge < -0.3 is 9.47 Å². The average Bonchev–Trinajstić information content (AvgIpc) is 2.54. The quantitative estimate of drug-likeness (QED) is 0.658. The van der Waals surface area contributed by atoms with Crippen molar-refractivity contribution in [1.82, 2.24) is 5.43 Å². The molecule has 0 atom stereocenters. The van der Waals surface area contributed by atoms with Crippen LogP contribution in [0, 0.1) is 5.82 Å². The van der Waals surface area contributed by atoms with Gasteiger partial charge in [-0.05, 0) is 24.3 Å². The van der Waals surface area contributed by atoms with Crippen LogP contribution in [0.5, 0.6) is 11.5 Å². The molecule has 0 heterocycles. The second-order valence-electron chi connectivity index (χ2n) is 4.25. The molecule has 0 fully saturated rings. The number of rotatable bonds is 6. The van der Waals surface area contributed by atoms with Gasteiger partial charge in [-0.1, -0.05) is 24.3 Å². The summed E-state index contributed by atoms with van der Waals surface area (Å²) in [6, 6.07) is 13.1. The summed E-state index contributed by atoms with van der Waals surface area (Å²) in [6.45, 7) is -0.329. The highest BCUT2D eigenvalue weighted by Gasteiger charge is 2.05. The van der Waals surface area contributed by atoms with E-state index in [4.69, 9.17) is 9.47 Å². The highest BCUT2D eigenvalue weighted by atomic mass is 19.1. The van der Waals surface area contributed by atoms with Crippen LogP contribution in [0.2, 0.25) is 0 Å². The van der Waals surface area contributed by atoms with E-state index in [1.807, 2.05) is 12.1 Å². The number of para-hydroxylation sites is 2. The smallest absolute Gasteiger partial charge is 0.277 e. The Morgan fingerprint density at radius 2 is 1.86 bits per heavy atom. The van der Waals surface area contributed by atoms with Gasteiger partial charge in [0.05, 0.1) is 13.3 Å². The monoisotopic (exact) mass is 302 g/mol. The number of benzene rings is 2. The van der Waals surface area contributed by atoms with Gasteiger partial charge in [0, 0.05) is 5.56 Å². The Morgan fingerprint density at radius 1 is 1.18 bits per heavy atom. The highest BCUT2D eigenvalue weighted by molar-refractivity contribution is 5.85. The van der Waals surface area contributed by atoms with E-state index in [1.54, 1.807) is 31.4 Å². The Kier molecular flexibility index (Phi) is 5.48. The molecule has 0 bridgehead atoms. The number of carbonyl (C=O) groups is 1. The van der Waals surface area contributed by atoms with Crippen molar-refractivity contribution in [3.05, 3.63) is 59.9 Å². The van der Waals surface area contributed by atoms with E-state index >= 15 is 0 Å². The van der Waals surface area contributed by atoms with Crippen LogP contribution in [0.4, 0.5) is 4.39 Å². The van der Waals surface area contributed by atoms with Crippen molar-refractivity contribution in [3.63, 3.8) is 0 Å². The molecule has 0 unspecified atom stereocenters. The number of hydrazone groups is 1. The number of amides is 1. The van der Waals surface area contributed by atoms with Gasteiger partial charge in [-0.15, -0.1) is 0 Å². The first-order valence-corrected chi connectivity index (χ1v) is 6.53. The van der Waals surface area contributed by atoms with Crippen LogP contribution in [0.3, 0.4) is 0 Å². The van der Waals surface area contributed by atoms with Crippen molar-refractivity contribution >= 4 is 12.1 Å². The summed E-state index contributed by atoms with van der Waals surface area (Å²) in [6.07, 6.45) is 1.46. The summed E-state index contributed by atoms with van der Waals surface area (Å²) in [7, 11) is 1.55. The van der Waals surface area contributed by atoms with E-state index < -0.39 is 11.7 Å². The molecule has 1 amide bonds. The zero-order chi connectivity index (χ0) is 15.8. The maximum Gasteiger partial charge on any atom is 0.277 e. The minimum atomic E-state index is -0.521. The van der Waals surface area contributed by atoms with Gasteiger partial charge in [-0.25, -0.2) is 9.82 Å². The molecule has 2 aromatic carbocycles. The fourth-order valence-corrected chi connectivity index (χ4v) is 1.68. The lowest BCUT2D eigenvalue weighted by Crippen LogP contribution is -2.24. The first kappa shape index (κ1) is 15.5. The number of carbonyl (C=O) groups excluding carboxylic acids is 1. The maximum atomic E-state index is 13.3. The first-order valence-electron chi connectivity index (χ1n) is 6.53. The zero-order valence-electron chi connectivity index (χ0n) is 12.0. The lowest BCUT2D eigenvalue weighted by Gasteiger charge is -2.06. The molecular weight excluding hydrogens is 287 g/mol. The number of hydrogen-bond acceptors (Lipinski definition) is 4. The first-order chi connectivity index (χ1) is 10.7. The molecule has 0 aliphatic heterocycles. The number of hydrogen-bond donors (Lipinski definition) is 1. The van der Waals surface area contributed by atoms with Crippen LogP contribution in [0.15, 0.2) is 53.6 Å². The molecule has 0 spiro atoms. The summed E-state index contributed by atoms with van der Waals surface area (Å²) in [5.41, 5.74) is 3.02. The van der Waals surface area contributed by atoms with Crippen LogP contribution in [-0.2, 0) is 4.79 Å². The van der Waals surface area contributed by atoms with E-state index in [0.717, 1.165) is 5.56 Å². The summed E-state index contributed by atoms with van der Waals surface area (Å²) in [4.78, 5) is 11.6. The van der Waals surface area contributed by atoms with Crippen molar-refractivity contribution in [2.24, 2.45) is 5.10 Å². The van der Waals surface area contributed by atoms with Crippen LogP contribution in [0.25, 0.3) is 0 Å². The third kappa shape index (κ3) is 4.31. The van der Waals surface area contributed by atoms with Gasteiger partial charge in [0.2, 0.25) is 0 Å².